The highest BCUT2D eigenvalue weighted by Gasteiger charge is 2.50. The zero-order valence-corrected chi connectivity index (χ0v) is 16.1. The lowest BCUT2D eigenvalue weighted by molar-refractivity contribution is 0.462. The quantitative estimate of drug-likeness (QED) is 0.794. The monoisotopic (exact) mass is 392 g/mol. The van der Waals surface area contributed by atoms with E-state index in [0.717, 1.165) is 0 Å². The van der Waals surface area contributed by atoms with Crippen molar-refractivity contribution in [1.82, 2.24) is 4.98 Å². The minimum Gasteiger partial charge on any atom is -0.386 e. The number of pyridine rings is 1. The SMILES string of the molecule is [C-]#[N+]c1ccc(-c2ccc(F)c([C@]3(C)CS(=O)(=O)C(C)(C)C(N)=N3)n2)s1. The Balaban J connectivity index is 2.16. The minimum atomic E-state index is -3.66. The second-order valence-electron chi connectivity index (χ2n) is 6.82. The van der Waals surface area contributed by atoms with Gasteiger partial charge >= 0.3 is 0 Å². The van der Waals surface area contributed by atoms with E-state index in [1.54, 1.807) is 12.1 Å². The van der Waals surface area contributed by atoms with Crippen molar-refractivity contribution in [1.29, 1.82) is 0 Å². The predicted octanol–water partition coefficient (Wildman–Crippen LogP) is 3.28. The molecule has 26 heavy (non-hydrogen) atoms. The molecule has 9 heteroatoms. The molecule has 6 nitrogen and oxygen atoms in total. The van der Waals surface area contributed by atoms with E-state index in [1.807, 2.05) is 0 Å². The molecule has 2 aromatic rings. The Kier molecular flexibility index (Phi) is 4.16. The molecule has 1 aliphatic rings. The molecule has 0 bridgehead atoms. The molecule has 0 spiro atoms. The molecule has 0 saturated carbocycles. The van der Waals surface area contributed by atoms with E-state index in [2.05, 4.69) is 14.8 Å². The maximum atomic E-state index is 14.5. The molecule has 0 aromatic carbocycles. The zero-order valence-electron chi connectivity index (χ0n) is 14.4. The van der Waals surface area contributed by atoms with Crippen LogP contribution >= 0.6 is 11.3 Å². The van der Waals surface area contributed by atoms with Crippen molar-refractivity contribution in [2.45, 2.75) is 31.1 Å². The summed E-state index contributed by atoms with van der Waals surface area (Å²) in [7, 11) is -3.66. The van der Waals surface area contributed by atoms with Gasteiger partial charge in [0.1, 0.15) is 27.6 Å². The fourth-order valence-electron chi connectivity index (χ4n) is 2.75. The highest BCUT2D eigenvalue weighted by molar-refractivity contribution is 7.93. The molecule has 1 aliphatic heterocycles. The first-order chi connectivity index (χ1) is 12.0. The molecule has 0 amide bonds. The van der Waals surface area contributed by atoms with E-state index in [1.165, 1.54) is 44.2 Å². The van der Waals surface area contributed by atoms with Gasteiger partial charge in [-0.15, -0.1) is 0 Å². The molecule has 2 N–H and O–H groups in total. The van der Waals surface area contributed by atoms with Crippen molar-refractivity contribution >= 4 is 32.0 Å². The number of nitrogens with two attached hydrogens (primary N) is 1. The van der Waals surface area contributed by atoms with Crippen LogP contribution in [0.2, 0.25) is 0 Å². The molecule has 3 heterocycles. The van der Waals surface area contributed by atoms with Gasteiger partial charge in [-0.25, -0.2) is 22.6 Å². The van der Waals surface area contributed by atoms with Crippen LogP contribution in [0.15, 0.2) is 29.3 Å². The Morgan fingerprint density at radius 1 is 1.27 bits per heavy atom. The Bertz CT molecular complexity index is 1070. The fraction of sp³-hybridized carbons (Fsp3) is 0.353. The number of hydrogen-bond donors (Lipinski definition) is 1. The van der Waals surface area contributed by atoms with Gasteiger partial charge in [-0.3, -0.25) is 4.99 Å². The van der Waals surface area contributed by atoms with Crippen LogP contribution < -0.4 is 5.73 Å². The summed E-state index contributed by atoms with van der Waals surface area (Å²) in [6.45, 7) is 11.5. The molecule has 0 radical (unpaired) electrons. The molecule has 1 atom stereocenters. The van der Waals surface area contributed by atoms with E-state index >= 15 is 0 Å². The summed E-state index contributed by atoms with van der Waals surface area (Å²) in [6.07, 6.45) is 0. The number of aliphatic imine (C=N–C) groups is 1. The third kappa shape index (κ3) is 2.79. The van der Waals surface area contributed by atoms with Crippen molar-refractivity contribution in [2.24, 2.45) is 10.7 Å². The van der Waals surface area contributed by atoms with Gasteiger partial charge in [0.05, 0.1) is 18.0 Å². The average Bonchev–Trinajstić information content (AvgIpc) is 3.02. The number of sulfone groups is 1. The van der Waals surface area contributed by atoms with Crippen molar-refractivity contribution in [2.75, 3.05) is 5.75 Å². The first-order valence-corrected chi connectivity index (χ1v) is 10.2. The fourth-order valence-corrected chi connectivity index (χ4v) is 5.17. The summed E-state index contributed by atoms with van der Waals surface area (Å²) in [5.74, 6) is -1.10. The molecule has 3 rings (SSSR count). The summed E-state index contributed by atoms with van der Waals surface area (Å²) < 4.78 is 38.6. The van der Waals surface area contributed by atoms with Crippen molar-refractivity contribution in [3.8, 4) is 10.6 Å². The summed E-state index contributed by atoms with van der Waals surface area (Å²) in [6, 6.07) is 6.11. The van der Waals surface area contributed by atoms with Crippen LogP contribution in [0.4, 0.5) is 9.39 Å². The maximum Gasteiger partial charge on any atom is 0.241 e. The van der Waals surface area contributed by atoms with Crippen LogP contribution in [0, 0.1) is 12.4 Å². The molecular weight excluding hydrogens is 375 g/mol. The second kappa shape index (κ2) is 5.86. The lowest BCUT2D eigenvalue weighted by Gasteiger charge is -2.37. The Hall–Kier alpha value is -2.31. The normalized spacial score (nSPS) is 23.9. The van der Waals surface area contributed by atoms with Gasteiger partial charge < -0.3 is 5.73 Å². The summed E-state index contributed by atoms with van der Waals surface area (Å²) >= 11 is 1.23. The van der Waals surface area contributed by atoms with Gasteiger partial charge in [-0.05, 0) is 39.0 Å². The van der Waals surface area contributed by atoms with Crippen molar-refractivity contribution in [3.63, 3.8) is 0 Å². The van der Waals surface area contributed by atoms with E-state index in [-0.39, 0.29) is 11.5 Å². The van der Waals surface area contributed by atoms with Gasteiger partial charge in [0.15, 0.2) is 9.84 Å². The summed E-state index contributed by atoms with van der Waals surface area (Å²) in [4.78, 5) is 12.7. The largest absolute Gasteiger partial charge is 0.386 e. The summed E-state index contributed by atoms with van der Waals surface area (Å²) in [5, 5.41) is 0.489. The second-order valence-corrected chi connectivity index (χ2v) is 10.4. The molecule has 0 saturated heterocycles. The zero-order chi connectivity index (χ0) is 19.3. The van der Waals surface area contributed by atoms with E-state index in [0.29, 0.717) is 15.6 Å². The van der Waals surface area contributed by atoms with E-state index < -0.39 is 31.7 Å². The van der Waals surface area contributed by atoms with Gasteiger partial charge in [-0.2, -0.15) is 11.3 Å². The van der Waals surface area contributed by atoms with E-state index in [9.17, 15) is 12.8 Å². The third-order valence-corrected chi connectivity index (χ3v) is 8.25. The highest BCUT2D eigenvalue weighted by atomic mass is 32.2. The Morgan fingerprint density at radius 3 is 2.54 bits per heavy atom. The molecule has 2 aromatic heterocycles. The molecule has 0 fully saturated rings. The van der Waals surface area contributed by atoms with Crippen molar-refractivity contribution in [3.05, 3.63) is 47.2 Å². The Morgan fingerprint density at radius 2 is 1.96 bits per heavy atom. The van der Waals surface area contributed by atoms with Gasteiger partial charge in [0.2, 0.25) is 5.00 Å². The van der Waals surface area contributed by atoms with Crippen LogP contribution in [-0.2, 0) is 15.4 Å². The smallest absolute Gasteiger partial charge is 0.241 e. The average molecular weight is 392 g/mol. The number of hydrogen-bond acceptors (Lipinski definition) is 6. The third-order valence-electron chi connectivity index (χ3n) is 4.54. The van der Waals surface area contributed by atoms with Crippen LogP contribution in [-0.4, -0.2) is 29.7 Å². The van der Waals surface area contributed by atoms with Crippen LogP contribution in [0.3, 0.4) is 0 Å². The highest BCUT2D eigenvalue weighted by Crippen LogP contribution is 2.39. The molecule has 0 unspecified atom stereocenters. The standard InChI is InChI=1S/C17H17FN4O2S2/c1-16(2)15(19)22-17(3,9-26(16,23)24)14-10(18)5-6-11(21-14)12-7-8-13(20-4)25-12/h5-8H,9H2,1-3H3,(H2,19,22)/t17-/m0/s1. The lowest BCUT2D eigenvalue weighted by atomic mass is 9.98. The molecular formula is C17H17FN4O2S2. The first kappa shape index (κ1) is 18.5. The van der Waals surface area contributed by atoms with E-state index in [4.69, 9.17) is 12.3 Å². The number of amidine groups is 1. The maximum absolute atomic E-state index is 14.5. The van der Waals surface area contributed by atoms with Crippen molar-refractivity contribution < 1.29 is 12.8 Å². The Labute approximate surface area is 155 Å². The van der Waals surface area contributed by atoms with Gasteiger partial charge in [-0.1, -0.05) is 6.07 Å². The minimum absolute atomic E-state index is 0.0655. The first-order valence-electron chi connectivity index (χ1n) is 7.73. The predicted molar refractivity (Wildman–Crippen MR) is 101 cm³/mol. The number of aromatic nitrogens is 1. The number of thiophene rings is 1. The van der Waals surface area contributed by atoms with Crippen LogP contribution in [0.25, 0.3) is 15.4 Å². The lowest BCUT2D eigenvalue weighted by Crippen LogP contribution is -2.55. The number of rotatable bonds is 2. The molecule has 136 valence electrons. The summed E-state index contributed by atoms with van der Waals surface area (Å²) in [5.41, 5.74) is 4.88. The van der Waals surface area contributed by atoms with Crippen LogP contribution in [0.5, 0.6) is 0 Å². The molecule has 0 aliphatic carbocycles. The van der Waals surface area contributed by atoms with Gasteiger partial charge in [0, 0.05) is 4.88 Å². The topological polar surface area (TPSA) is 89.8 Å². The number of nitrogens with zero attached hydrogens (tertiary/aromatic N) is 3. The number of halogens is 1. The van der Waals surface area contributed by atoms with Crippen LogP contribution in [0.1, 0.15) is 26.5 Å². The van der Waals surface area contributed by atoms with Gasteiger partial charge in [0.25, 0.3) is 0 Å².